The van der Waals surface area contributed by atoms with E-state index >= 15 is 0 Å². The number of rotatable bonds is 2. The average molecular weight is 221 g/mol. The predicted molar refractivity (Wildman–Crippen MR) is 60.7 cm³/mol. The normalized spacial score (nSPS) is 18.0. The lowest BCUT2D eigenvalue weighted by molar-refractivity contribution is -0.144. The minimum Gasteiger partial charge on any atom is -0.489 e. The fraction of sp³-hybridized carbons (Fsp3) is 0.417. The monoisotopic (exact) mass is 221 g/mol. The number of ether oxygens (including phenoxy) is 2. The van der Waals surface area contributed by atoms with Crippen molar-refractivity contribution < 1.29 is 14.3 Å². The van der Waals surface area contributed by atoms with Gasteiger partial charge in [0.2, 0.25) is 0 Å². The Morgan fingerprint density at radius 3 is 3.19 bits per heavy atom. The van der Waals surface area contributed by atoms with E-state index in [0.29, 0.717) is 13.2 Å². The summed E-state index contributed by atoms with van der Waals surface area (Å²) in [6.07, 6.45) is 0. The minimum atomic E-state index is -0.408. The van der Waals surface area contributed by atoms with E-state index < -0.39 is 6.04 Å². The molecule has 4 heteroatoms. The summed E-state index contributed by atoms with van der Waals surface area (Å²) in [6.45, 7) is 4.49. The quantitative estimate of drug-likeness (QED) is 0.773. The Labute approximate surface area is 94.6 Å². The molecule has 4 nitrogen and oxygen atoms in total. The second kappa shape index (κ2) is 4.43. The Bertz CT molecular complexity index is 403. The number of hydrogen-bond donors (Lipinski definition) is 1. The molecule has 0 aromatic heterocycles. The maximum atomic E-state index is 11.5. The molecule has 0 aliphatic carbocycles. The van der Waals surface area contributed by atoms with Gasteiger partial charge in [0.15, 0.2) is 6.04 Å². The van der Waals surface area contributed by atoms with Crippen molar-refractivity contribution in [3.8, 4) is 5.75 Å². The van der Waals surface area contributed by atoms with Gasteiger partial charge in [-0.25, -0.2) is 4.79 Å². The Hall–Kier alpha value is -1.71. The fourth-order valence-corrected chi connectivity index (χ4v) is 1.65. The molecule has 1 aliphatic heterocycles. The van der Waals surface area contributed by atoms with E-state index in [2.05, 4.69) is 5.32 Å². The predicted octanol–water partition coefficient (Wildman–Crippen LogP) is 1.73. The van der Waals surface area contributed by atoms with Crippen LogP contribution in [-0.4, -0.2) is 25.2 Å². The molecule has 2 rings (SSSR count). The van der Waals surface area contributed by atoms with Crippen molar-refractivity contribution in [1.29, 1.82) is 0 Å². The van der Waals surface area contributed by atoms with Crippen LogP contribution in [0.25, 0.3) is 0 Å². The van der Waals surface area contributed by atoms with Gasteiger partial charge in [0.25, 0.3) is 0 Å². The Morgan fingerprint density at radius 1 is 1.62 bits per heavy atom. The number of benzene rings is 1. The molecule has 0 radical (unpaired) electrons. The summed E-state index contributed by atoms with van der Waals surface area (Å²) in [5, 5.41) is 3.12. The molecule has 16 heavy (non-hydrogen) atoms. The smallest absolute Gasteiger partial charge is 0.332 e. The molecule has 1 N–H and O–H groups in total. The number of aryl methyl sites for hydroxylation is 1. The van der Waals surface area contributed by atoms with Crippen molar-refractivity contribution in [2.24, 2.45) is 0 Å². The van der Waals surface area contributed by atoms with E-state index in [0.717, 1.165) is 17.0 Å². The summed E-state index contributed by atoms with van der Waals surface area (Å²) >= 11 is 0. The van der Waals surface area contributed by atoms with Crippen molar-refractivity contribution in [3.63, 3.8) is 0 Å². The van der Waals surface area contributed by atoms with Gasteiger partial charge >= 0.3 is 5.97 Å². The zero-order chi connectivity index (χ0) is 11.5. The van der Waals surface area contributed by atoms with Crippen LogP contribution in [0.5, 0.6) is 5.75 Å². The van der Waals surface area contributed by atoms with Crippen molar-refractivity contribution in [2.45, 2.75) is 19.9 Å². The molecule has 1 aromatic rings. The first-order valence-electron chi connectivity index (χ1n) is 5.37. The van der Waals surface area contributed by atoms with Crippen LogP contribution < -0.4 is 10.1 Å². The number of esters is 1. The van der Waals surface area contributed by atoms with Gasteiger partial charge in [-0.2, -0.15) is 0 Å². The highest BCUT2D eigenvalue weighted by Crippen LogP contribution is 2.29. The van der Waals surface area contributed by atoms with Crippen molar-refractivity contribution >= 4 is 11.7 Å². The summed E-state index contributed by atoms with van der Waals surface area (Å²) in [5.41, 5.74) is 1.98. The van der Waals surface area contributed by atoms with Gasteiger partial charge in [-0.15, -0.1) is 0 Å². The lowest BCUT2D eigenvalue weighted by Gasteiger charge is -2.26. The molecular weight excluding hydrogens is 206 g/mol. The van der Waals surface area contributed by atoms with Gasteiger partial charge in [-0.05, 0) is 31.5 Å². The largest absolute Gasteiger partial charge is 0.489 e. The number of nitrogens with one attached hydrogen (secondary N) is 1. The number of carbonyl (C=O) groups excluding carboxylic acids is 1. The van der Waals surface area contributed by atoms with Crippen molar-refractivity contribution in [3.05, 3.63) is 23.8 Å². The van der Waals surface area contributed by atoms with Gasteiger partial charge in [-0.1, -0.05) is 6.07 Å². The summed E-state index contributed by atoms with van der Waals surface area (Å²) in [4.78, 5) is 11.5. The Balaban J connectivity index is 2.13. The van der Waals surface area contributed by atoms with E-state index in [1.165, 1.54) is 0 Å². The SMILES string of the molecule is CCOC(=O)C1COc2ccc(C)cc2N1. The first-order chi connectivity index (χ1) is 7.70. The van der Waals surface area contributed by atoms with Gasteiger partial charge in [0.05, 0.1) is 12.3 Å². The molecule has 1 atom stereocenters. The molecule has 0 saturated heterocycles. The molecule has 0 bridgehead atoms. The van der Waals surface area contributed by atoms with Gasteiger partial charge in [0.1, 0.15) is 12.4 Å². The standard InChI is InChI=1S/C12H15NO3/c1-3-15-12(14)10-7-16-11-5-4-8(2)6-9(11)13-10/h4-6,10,13H,3,7H2,1-2H3. The second-order valence-electron chi connectivity index (χ2n) is 3.76. The molecule has 1 aromatic carbocycles. The summed E-state index contributed by atoms with van der Waals surface area (Å²) in [5.74, 6) is 0.515. The number of fused-ring (bicyclic) bond motifs is 1. The van der Waals surface area contributed by atoms with Crippen LogP contribution in [0.2, 0.25) is 0 Å². The molecule has 0 amide bonds. The lowest BCUT2D eigenvalue weighted by atomic mass is 10.1. The molecule has 0 fully saturated rings. The first kappa shape index (κ1) is 10.8. The van der Waals surface area contributed by atoms with Crippen LogP contribution in [0.1, 0.15) is 12.5 Å². The van der Waals surface area contributed by atoms with E-state index in [1.807, 2.05) is 25.1 Å². The number of hydrogen-bond acceptors (Lipinski definition) is 4. The van der Waals surface area contributed by atoms with Crippen LogP contribution in [-0.2, 0) is 9.53 Å². The van der Waals surface area contributed by atoms with E-state index in [4.69, 9.17) is 9.47 Å². The van der Waals surface area contributed by atoms with E-state index in [1.54, 1.807) is 6.92 Å². The van der Waals surface area contributed by atoms with Crippen molar-refractivity contribution in [2.75, 3.05) is 18.5 Å². The second-order valence-corrected chi connectivity index (χ2v) is 3.76. The molecule has 1 heterocycles. The van der Waals surface area contributed by atoms with Gasteiger partial charge in [-0.3, -0.25) is 0 Å². The Kier molecular flexibility index (Phi) is 2.99. The van der Waals surface area contributed by atoms with Crippen molar-refractivity contribution in [1.82, 2.24) is 0 Å². The van der Waals surface area contributed by atoms with Crippen LogP contribution in [0.15, 0.2) is 18.2 Å². The average Bonchev–Trinajstić information content (AvgIpc) is 2.28. The highest BCUT2D eigenvalue weighted by molar-refractivity contribution is 5.81. The fourth-order valence-electron chi connectivity index (χ4n) is 1.65. The van der Waals surface area contributed by atoms with E-state index in [9.17, 15) is 4.79 Å². The molecule has 0 saturated carbocycles. The molecule has 0 spiro atoms. The van der Waals surface area contributed by atoms with E-state index in [-0.39, 0.29) is 5.97 Å². The maximum Gasteiger partial charge on any atom is 0.332 e. The zero-order valence-corrected chi connectivity index (χ0v) is 9.45. The van der Waals surface area contributed by atoms with Gasteiger partial charge < -0.3 is 14.8 Å². The first-order valence-corrected chi connectivity index (χ1v) is 5.37. The number of anilines is 1. The summed E-state index contributed by atoms with van der Waals surface area (Å²) < 4.78 is 10.4. The third-order valence-electron chi connectivity index (χ3n) is 2.44. The van der Waals surface area contributed by atoms with Crippen LogP contribution in [0.3, 0.4) is 0 Å². The Morgan fingerprint density at radius 2 is 2.44 bits per heavy atom. The van der Waals surface area contributed by atoms with Crippen LogP contribution in [0.4, 0.5) is 5.69 Å². The molecule has 1 aliphatic rings. The van der Waals surface area contributed by atoms with Crippen LogP contribution in [0, 0.1) is 6.92 Å². The maximum absolute atomic E-state index is 11.5. The molecular formula is C12H15NO3. The molecule has 1 unspecified atom stereocenters. The highest BCUT2D eigenvalue weighted by atomic mass is 16.5. The summed E-state index contributed by atoms with van der Waals surface area (Å²) in [6, 6.07) is 5.43. The number of carbonyl (C=O) groups is 1. The van der Waals surface area contributed by atoms with Crippen LogP contribution >= 0.6 is 0 Å². The topological polar surface area (TPSA) is 47.6 Å². The minimum absolute atomic E-state index is 0.269. The highest BCUT2D eigenvalue weighted by Gasteiger charge is 2.26. The molecule has 86 valence electrons. The third kappa shape index (κ3) is 2.10. The zero-order valence-electron chi connectivity index (χ0n) is 9.45. The third-order valence-corrected chi connectivity index (χ3v) is 2.44. The summed E-state index contributed by atoms with van der Waals surface area (Å²) in [7, 11) is 0. The van der Waals surface area contributed by atoms with Gasteiger partial charge in [0, 0.05) is 0 Å². The lowest BCUT2D eigenvalue weighted by Crippen LogP contribution is -2.39.